The van der Waals surface area contributed by atoms with E-state index in [9.17, 15) is 4.79 Å². The topological polar surface area (TPSA) is 90.5 Å². The van der Waals surface area contributed by atoms with Gasteiger partial charge >= 0.3 is 0 Å². The maximum absolute atomic E-state index is 11.8. The third kappa shape index (κ3) is 4.17. The third-order valence-electron chi connectivity index (χ3n) is 3.03. The molecule has 0 saturated heterocycles. The highest BCUT2D eigenvalue weighted by Gasteiger charge is 2.07. The maximum atomic E-state index is 11.8. The zero-order valence-electron chi connectivity index (χ0n) is 12.4. The van der Waals surface area contributed by atoms with Crippen molar-refractivity contribution in [3.8, 4) is 11.3 Å². The number of nitrogens with zero attached hydrogens (tertiary/aromatic N) is 6. The molecule has 3 heterocycles. The molecule has 23 heavy (non-hydrogen) atoms. The second-order valence-corrected chi connectivity index (χ2v) is 6.42. The molecule has 0 spiro atoms. The zero-order valence-corrected chi connectivity index (χ0v) is 14.0. The van der Waals surface area contributed by atoms with Gasteiger partial charge in [0, 0.05) is 30.7 Å². The van der Waals surface area contributed by atoms with Gasteiger partial charge in [-0.05, 0) is 27.9 Å². The average molecular weight is 349 g/mol. The van der Waals surface area contributed by atoms with Crippen LogP contribution in [0.5, 0.6) is 0 Å². The summed E-state index contributed by atoms with van der Waals surface area (Å²) in [6, 6.07) is 4.01. The van der Waals surface area contributed by atoms with E-state index >= 15 is 0 Å². The molecule has 120 valence electrons. The molecule has 3 aromatic heterocycles. The number of carbonyl (C=O) groups is 1. The second kappa shape index (κ2) is 7.38. The van der Waals surface area contributed by atoms with E-state index < -0.39 is 0 Å². The molecule has 0 fully saturated rings. The lowest BCUT2D eigenvalue weighted by molar-refractivity contribution is -0.118. The fourth-order valence-corrected chi connectivity index (χ4v) is 3.21. The van der Waals surface area contributed by atoms with E-state index in [4.69, 9.17) is 0 Å². The highest BCUT2D eigenvalue weighted by molar-refractivity contribution is 7.99. The highest BCUT2D eigenvalue weighted by atomic mass is 32.2. The molecular weight excluding hydrogens is 334 g/mol. The van der Waals surface area contributed by atoms with E-state index in [0.29, 0.717) is 18.2 Å². The molecule has 1 N–H and O–H groups in total. The van der Waals surface area contributed by atoms with Crippen LogP contribution >= 0.6 is 23.1 Å². The number of rotatable bonds is 7. The Morgan fingerprint density at radius 3 is 3.09 bits per heavy atom. The lowest BCUT2D eigenvalue weighted by atomic mass is 10.2. The molecule has 1 amide bonds. The van der Waals surface area contributed by atoms with E-state index in [-0.39, 0.29) is 11.7 Å². The lowest BCUT2D eigenvalue weighted by Crippen LogP contribution is -2.28. The number of aromatic nitrogens is 6. The van der Waals surface area contributed by atoms with Crippen LogP contribution in [-0.2, 0) is 18.4 Å². The van der Waals surface area contributed by atoms with Gasteiger partial charge in [0.2, 0.25) is 11.1 Å². The van der Waals surface area contributed by atoms with E-state index in [1.165, 1.54) is 16.4 Å². The second-order valence-electron chi connectivity index (χ2n) is 4.70. The summed E-state index contributed by atoms with van der Waals surface area (Å²) in [7, 11) is 1.74. The molecule has 0 bridgehead atoms. The number of tetrazole rings is 1. The number of amides is 1. The maximum Gasteiger partial charge on any atom is 0.230 e. The zero-order chi connectivity index (χ0) is 16.1. The van der Waals surface area contributed by atoms with Crippen LogP contribution in [-0.4, -0.2) is 48.2 Å². The summed E-state index contributed by atoms with van der Waals surface area (Å²) in [5.74, 6) is 0.233. The van der Waals surface area contributed by atoms with Crippen molar-refractivity contribution in [1.82, 2.24) is 35.3 Å². The van der Waals surface area contributed by atoms with Gasteiger partial charge in [-0.25, -0.2) is 4.68 Å². The number of thioether (sulfide) groups is 1. The summed E-state index contributed by atoms with van der Waals surface area (Å²) >= 11 is 2.95. The van der Waals surface area contributed by atoms with Crippen LogP contribution < -0.4 is 5.32 Å². The van der Waals surface area contributed by atoms with E-state index in [1.54, 1.807) is 18.4 Å². The van der Waals surface area contributed by atoms with Crippen LogP contribution in [0, 0.1) is 0 Å². The Morgan fingerprint density at radius 1 is 1.43 bits per heavy atom. The molecule has 0 aliphatic rings. The summed E-state index contributed by atoms with van der Waals surface area (Å²) in [6.07, 6.45) is 1.92. The van der Waals surface area contributed by atoms with Crippen molar-refractivity contribution in [3.63, 3.8) is 0 Å². The van der Waals surface area contributed by atoms with Crippen LogP contribution in [0.2, 0.25) is 0 Å². The Bertz CT molecular complexity index is 765. The molecule has 10 heteroatoms. The standard InChI is InChI=1S/C13H15N7OS2/c1-19-13(15-17-18-19)23-9-12(21)14-4-6-20-5-2-11(16-20)10-3-7-22-8-10/h2-3,5,7-8H,4,6,9H2,1H3,(H,14,21). The van der Waals surface area contributed by atoms with Gasteiger partial charge in [-0.2, -0.15) is 16.4 Å². The molecule has 0 aromatic carbocycles. The van der Waals surface area contributed by atoms with Gasteiger partial charge in [0.05, 0.1) is 18.0 Å². The van der Waals surface area contributed by atoms with Crippen molar-refractivity contribution >= 4 is 29.0 Å². The normalized spacial score (nSPS) is 10.8. The summed E-state index contributed by atoms with van der Waals surface area (Å²) in [5.41, 5.74) is 2.06. The van der Waals surface area contributed by atoms with Crippen LogP contribution in [0.15, 0.2) is 34.2 Å². The molecule has 3 aromatic rings. The first-order valence-electron chi connectivity index (χ1n) is 6.90. The van der Waals surface area contributed by atoms with Gasteiger partial charge in [0.15, 0.2) is 0 Å². The van der Waals surface area contributed by atoms with Crippen molar-refractivity contribution in [1.29, 1.82) is 0 Å². The molecule has 0 unspecified atom stereocenters. The van der Waals surface area contributed by atoms with Gasteiger partial charge in [0.1, 0.15) is 0 Å². The predicted octanol–water partition coefficient (Wildman–Crippen LogP) is 1.04. The molecule has 0 radical (unpaired) electrons. The first-order chi connectivity index (χ1) is 11.2. The average Bonchev–Trinajstić information content (AvgIpc) is 3.26. The van der Waals surface area contributed by atoms with Crippen molar-refractivity contribution < 1.29 is 4.79 Å². The monoisotopic (exact) mass is 349 g/mol. The van der Waals surface area contributed by atoms with Crippen molar-refractivity contribution in [2.45, 2.75) is 11.7 Å². The number of hydrogen-bond donors (Lipinski definition) is 1. The number of carbonyl (C=O) groups excluding carboxylic acids is 1. The van der Waals surface area contributed by atoms with Crippen LogP contribution in [0.3, 0.4) is 0 Å². The molecule has 8 nitrogen and oxygen atoms in total. The van der Waals surface area contributed by atoms with Crippen LogP contribution in [0.4, 0.5) is 0 Å². The summed E-state index contributed by atoms with van der Waals surface area (Å²) in [5, 5.41) is 23.1. The minimum atomic E-state index is -0.0526. The lowest BCUT2D eigenvalue weighted by Gasteiger charge is -2.05. The molecule has 0 aliphatic carbocycles. The molecule has 0 saturated carbocycles. The van der Waals surface area contributed by atoms with Gasteiger partial charge in [-0.1, -0.05) is 11.8 Å². The van der Waals surface area contributed by atoms with E-state index in [0.717, 1.165) is 11.3 Å². The first kappa shape index (κ1) is 15.7. The van der Waals surface area contributed by atoms with Crippen molar-refractivity contribution in [2.75, 3.05) is 12.3 Å². The number of nitrogens with one attached hydrogen (secondary N) is 1. The largest absolute Gasteiger partial charge is 0.354 e. The summed E-state index contributed by atoms with van der Waals surface area (Å²) in [4.78, 5) is 11.8. The Balaban J connectivity index is 1.41. The Labute approximate surface area is 140 Å². The number of aryl methyl sites for hydroxylation is 1. The SMILES string of the molecule is Cn1nnnc1SCC(=O)NCCn1ccc(-c2ccsc2)n1. The number of hydrogen-bond acceptors (Lipinski definition) is 7. The van der Waals surface area contributed by atoms with Gasteiger partial charge < -0.3 is 5.32 Å². The quantitative estimate of drug-likeness (QED) is 0.641. The Morgan fingerprint density at radius 2 is 2.35 bits per heavy atom. The van der Waals surface area contributed by atoms with Crippen LogP contribution in [0.1, 0.15) is 0 Å². The number of thiophene rings is 1. The van der Waals surface area contributed by atoms with E-state index in [2.05, 4.69) is 31.3 Å². The predicted molar refractivity (Wildman–Crippen MR) is 88.1 cm³/mol. The fourth-order valence-electron chi connectivity index (χ4n) is 1.88. The smallest absolute Gasteiger partial charge is 0.230 e. The summed E-state index contributed by atoms with van der Waals surface area (Å²) < 4.78 is 3.36. The van der Waals surface area contributed by atoms with Gasteiger partial charge in [-0.3, -0.25) is 9.48 Å². The molecule has 0 atom stereocenters. The molecule has 3 rings (SSSR count). The first-order valence-corrected chi connectivity index (χ1v) is 8.83. The third-order valence-corrected chi connectivity index (χ3v) is 4.73. The molecular formula is C13H15N7OS2. The van der Waals surface area contributed by atoms with Gasteiger partial charge in [0.25, 0.3) is 0 Å². The minimum Gasteiger partial charge on any atom is -0.354 e. The van der Waals surface area contributed by atoms with E-state index in [1.807, 2.05) is 28.4 Å². The van der Waals surface area contributed by atoms with Crippen molar-refractivity contribution in [3.05, 3.63) is 29.1 Å². The molecule has 0 aliphatic heterocycles. The summed E-state index contributed by atoms with van der Waals surface area (Å²) in [6.45, 7) is 1.16. The minimum absolute atomic E-state index is 0.0526. The Hall–Kier alpha value is -2.20. The van der Waals surface area contributed by atoms with Crippen molar-refractivity contribution in [2.24, 2.45) is 7.05 Å². The fraction of sp³-hybridized carbons (Fsp3) is 0.308. The highest BCUT2D eigenvalue weighted by Crippen LogP contribution is 2.19. The van der Waals surface area contributed by atoms with Gasteiger partial charge in [-0.15, -0.1) is 5.10 Å². The Kier molecular flexibility index (Phi) is 5.03. The van der Waals surface area contributed by atoms with Crippen LogP contribution in [0.25, 0.3) is 11.3 Å².